The third-order valence-electron chi connectivity index (χ3n) is 3.53. The number of nitrogens with zero attached hydrogens (tertiary/aromatic N) is 3. The van der Waals surface area contributed by atoms with Gasteiger partial charge < -0.3 is 9.30 Å². The van der Waals surface area contributed by atoms with Crippen LogP contribution in [0.2, 0.25) is 0 Å². The quantitative estimate of drug-likeness (QED) is 0.876. The van der Waals surface area contributed by atoms with Crippen molar-refractivity contribution in [2.45, 2.75) is 39.8 Å². The molecule has 0 aliphatic carbocycles. The predicted octanol–water partition coefficient (Wildman–Crippen LogP) is 2.02. The normalized spacial score (nSPS) is 12.5. The molecule has 23 heavy (non-hydrogen) atoms. The van der Waals surface area contributed by atoms with Crippen LogP contribution in [0.15, 0.2) is 18.3 Å². The van der Waals surface area contributed by atoms with Crippen molar-refractivity contribution in [1.29, 1.82) is 0 Å². The van der Waals surface area contributed by atoms with Gasteiger partial charge in [0.1, 0.15) is 5.69 Å². The summed E-state index contributed by atoms with van der Waals surface area (Å²) in [4.78, 5) is 31.9. The number of aromatic nitrogens is 3. The molecular formula is C16H18N4O3. The predicted molar refractivity (Wildman–Crippen MR) is 84.0 cm³/mol. The largest absolute Gasteiger partial charge is 0.458 e. The standard InChI is InChI=1S/C16H18N4O3/c1-9(2)23-15(22)13-5-4-12-14-11(6-7-20(12)13)8-17-16(19-14)18-10(3)21/h4-5,8-9H,6-7H2,1-3H3,(H,17,18,19,21). The van der Waals surface area contributed by atoms with Gasteiger partial charge in [-0.1, -0.05) is 0 Å². The highest BCUT2D eigenvalue weighted by Crippen LogP contribution is 2.30. The van der Waals surface area contributed by atoms with Crippen LogP contribution in [-0.2, 0) is 22.5 Å². The van der Waals surface area contributed by atoms with Gasteiger partial charge in [0.2, 0.25) is 11.9 Å². The van der Waals surface area contributed by atoms with Crippen LogP contribution in [0.4, 0.5) is 5.95 Å². The first-order chi connectivity index (χ1) is 11.0. The van der Waals surface area contributed by atoms with Crippen LogP contribution >= 0.6 is 0 Å². The number of esters is 1. The molecule has 0 radical (unpaired) electrons. The van der Waals surface area contributed by atoms with Crippen LogP contribution in [0.25, 0.3) is 11.4 Å². The first-order valence-electron chi connectivity index (χ1n) is 7.50. The average molecular weight is 314 g/mol. The zero-order chi connectivity index (χ0) is 16.6. The van der Waals surface area contributed by atoms with E-state index in [-0.39, 0.29) is 23.9 Å². The fraction of sp³-hybridized carbons (Fsp3) is 0.375. The summed E-state index contributed by atoms with van der Waals surface area (Å²) in [5.41, 5.74) is 3.07. The molecule has 1 N–H and O–H groups in total. The number of nitrogens with one attached hydrogen (secondary N) is 1. The SMILES string of the molecule is CC(=O)Nc1ncc2c(n1)-c1ccc(C(=O)OC(C)C)n1CC2. The highest BCUT2D eigenvalue weighted by Gasteiger charge is 2.24. The molecule has 7 heteroatoms. The Kier molecular flexibility index (Phi) is 3.85. The second-order valence-corrected chi connectivity index (χ2v) is 5.71. The third-order valence-corrected chi connectivity index (χ3v) is 3.53. The molecule has 1 aliphatic rings. The van der Waals surface area contributed by atoms with Gasteiger partial charge in [0.15, 0.2) is 0 Å². The molecule has 7 nitrogen and oxygen atoms in total. The summed E-state index contributed by atoms with van der Waals surface area (Å²) in [5.74, 6) is -0.305. The molecule has 2 aromatic rings. The molecule has 3 heterocycles. The van der Waals surface area contributed by atoms with Crippen LogP contribution in [0, 0.1) is 0 Å². The first kappa shape index (κ1) is 15.2. The fourth-order valence-electron chi connectivity index (χ4n) is 2.63. The van der Waals surface area contributed by atoms with Gasteiger partial charge in [0, 0.05) is 25.2 Å². The van der Waals surface area contributed by atoms with Gasteiger partial charge in [-0.15, -0.1) is 0 Å². The molecule has 1 amide bonds. The molecule has 0 bridgehead atoms. The van der Waals surface area contributed by atoms with Gasteiger partial charge in [-0.3, -0.25) is 10.1 Å². The minimum absolute atomic E-state index is 0.168. The van der Waals surface area contributed by atoms with Gasteiger partial charge in [0.25, 0.3) is 0 Å². The van der Waals surface area contributed by atoms with Crippen molar-refractivity contribution in [3.63, 3.8) is 0 Å². The van der Waals surface area contributed by atoms with E-state index in [4.69, 9.17) is 4.74 Å². The van der Waals surface area contributed by atoms with E-state index in [1.54, 1.807) is 12.3 Å². The Morgan fingerprint density at radius 2 is 2.13 bits per heavy atom. The molecule has 0 saturated heterocycles. The molecule has 0 fully saturated rings. The van der Waals surface area contributed by atoms with E-state index in [0.717, 1.165) is 23.4 Å². The number of amides is 1. The maximum Gasteiger partial charge on any atom is 0.355 e. The monoisotopic (exact) mass is 314 g/mol. The van der Waals surface area contributed by atoms with E-state index in [0.29, 0.717) is 12.2 Å². The van der Waals surface area contributed by atoms with E-state index in [1.807, 2.05) is 24.5 Å². The van der Waals surface area contributed by atoms with Crippen LogP contribution < -0.4 is 5.32 Å². The van der Waals surface area contributed by atoms with Crippen molar-refractivity contribution in [3.05, 3.63) is 29.6 Å². The molecule has 0 saturated carbocycles. The highest BCUT2D eigenvalue weighted by atomic mass is 16.5. The molecule has 0 unspecified atom stereocenters. The van der Waals surface area contributed by atoms with Crippen molar-refractivity contribution in [2.75, 3.05) is 5.32 Å². The van der Waals surface area contributed by atoms with Crippen molar-refractivity contribution in [2.24, 2.45) is 0 Å². The second kappa shape index (κ2) is 5.83. The number of carbonyl (C=O) groups is 2. The highest BCUT2D eigenvalue weighted by molar-refractivity contribution is 5.90. The molecule has 2 aromatic heterocycles. The Morgan fingerprint density at radius 3 is 2.83 bits per heavy atom. The fourth-order valence-corrected chi connectivity index (χ4v) is 2.63. The summed E-state index contributed by atoms with van der Waals surface area (Å²) in [6, 6.07) is 3.59. The van der Waals surface area contributed by atoms with Gasteiger partial charge >= 0.3 is 5.97 Å². The number of fused-ring (bicyclic) bond motifs is 3. The number of anilines is 1. The summed E-state index contributed by atoms with van der Waals surface area (Å²) in [5, 5.41) is 2.58. The van der Waals surface area contributed by atoms with Crippen LogP contribution in [-0.4, -0.2) is 32.5 Å². The number of aryl methyl sites for hydroxylation is 1. The number of rotatable bonds is 3. The van der Waals surface area contributed by atoms with E-state index in [1.165, 1.54) is 6.92 Å². The molecule has 0 atom stereocenters. The molecular weight excluding hydrogens is 296 g/mol. The minimum atomic E-state index is -0.342. The lowest BCUT2D eigenvalue weighted by molar-refractivity contribution is -0.114. The summed E-state index contributed by atoms with van der Waals surface area (Å²) in [7, 11) is 0. The number of carbonyl (C=O) groups excluding carboxylic acids is 2. The smallest absolute Gasteiger partial charge is 0.355 e. The van der Waals surface area contributed by atoms with E-state index < -0.39 is 0 Å². The van der Waals surface area contributed by atoms with Crippen molar-refractivity contribution in [1.82, 2.24) is 14.5 Å². The van der Waals surface area contributed by atoms with E-state index in [9.17, 15) is 9.59 Å². The van der Waals surface area contributed by atoms with Crippen LogP contribution in [0.1, 0.15) is 36.8 Å². The Balaban J connectivity index is 1.99. The zero-order valence-electron chi connectivity index (χ0n) is 13.3. The minimum Gasteiger partial charge on any atom is -0.458 e. The summed E-state index contributed by atoms with van der Waals surface area (Å²) >= 11 is 0. The Labute approximate surface area is 133 Å². The van der Waals surface area contributed by atoms with Crippen LogP contribution in [0.5, 0.6) is 0 Å². The first-order valence-corrected chi connectivity index (χ1v) is 7.50. The Bertz CT molecular complexity index is 780. The van der Waals surface area contributed by atoms with Gasteiger partial charge in [-0.2, -0.15) is 0 Å². The Morgan fingerprint density at radius 1 is 1.35 bits per heavy atom. The number of hydrogen-bond donors (Lipinski definition) is 1. The zero-order valence-corrected chi connectivity index (χ0v) is 13.3. The maximum atomic E-state index is 12.2. The molecule has 120 valence electrons. The lowest BCUT2D eigenvalue weighted by Crippen LogP contribution is -2.20. The van der Waals surface area contributed by atoms with E-state index >= 15 is 0 Å². The average Bonchev–Trinajstić information content (AvgIpc) is 2.90. The molecule has 3 rings (SSSR count). The summed E-state index contributed by atoms with van der Waals surface area (Å²) < 4.78 is 7.18. The van der Waals surface area contributed by atoms with Crippen LogP contribution in [0.3, 0.4) is 0 Å². The van der Waals surface area contributed by atoms with E-state index in [2.05, 4.69) is 15.3 Å². The van der Waals surface area contributed by atoms with Gasteiger partial charge in [-0.25, -0.2) is 14.8 Å². The maximum absolute atomic E-state index is 12.2. The van der Waals surface area contributed by atoms with Crippen molar-refractivity contribution in [3.8, 4) is 11.4 Å². The Hall–Kier alpha value is -2.70. The van der Waals surface area contributed by atoms with Crippen molar-refractivity contribution < 1.29 is 14.3 Å². The molecule has 0 spiro atoms. The molecule has 1 aliphatic heterocycles. The third kappa shape index (κ3) is 2.94. The van der Waals surface area contributed by atoms with Gasteiger partial charge in [0.05, 0.1) is 17.5 Å². The summed E-state index contributed by atoms with van der Waals surface area (Å²) in [6.07, 6.45) is 2.27. The number of hydrogen-bond acceptors (Lipinski definition) is 5. The number of ether oxygens (including phenoxy) is 1. The van der Waals surface area contributed by atoms with Gasteiger partial charge in [-0.05, 0) is 32.4 Å². The lowest BCUT2D eigenvalue weighted by Gasteiger charge is -2.20. The topological polar surface area (TPSA) is 86.1 Å². The summed E-state index contributed by atoms with van der Waals surface area (Å²) in [6.45, 7) is 5.71. The van der Waals surface area contributed by atoms with Crippen molar-refractivity contribution >= 4 is 17.8 Å². The lowest BCUT2D eigenvalue weighted by atomic mass is 10.1. The second-order valence-electron chi connectivity index (χ2n) is 5.71. The molecule has 0 aromatic carbocycles.